The lowest BCUT2D eigenvalue weighted by atomic mass is 10.1. The number of ether oxygens (including phenoxy) is 1. The van der Waals surface area contributed by atoms with E-state index in [1.54, 1.807) is 12.1 Å². The molecule has 0 aliphatic carbocycles. The Labute approximate surface area is 109 Å². The number of aromatic hydroxyl groups is 1. The molecule has 0 saturated carbocycles. The van der Waals surface area contributed by atoms with Gasteiger partial charge in [-0.05, 0) is 24.1 Å². The number of benzene rings is 1. The summed E-state index contributed by atoms with van der Waals surface area (Å²) in [4.78, 5) is 0. The summed E-state index contributed by atoms with van der Waals surface area (Å²) in [5.41, 5.74) is 1.11. The normalized spacial score (nSPS) is 12.9. The van der Waals surface area contributed by atoms with E-state index in [1.165, 1.54) is 0 Å². The Hall–Kier alpha value is -1.10. The maximum absolute atomic E-state index is 9.61. The van der Waals surface area contributed by atoms with Crippen molar-refractivity contribution in [1.82, 2.24) is 5.32 Å². The van der Waals surface area contributed by atoms with Crippen molar-refractivity contribution in [3.05, 3.63) is 29.8 Å². The average molecular weight is 253 g/mol. The van der Waals surface area contributed by atoms with Gasteiger partial charge in [-0.3, -0.25) is 0 Å². The van der Waals surface area contributed by atoms with Crippen molar-refractivity contribution in [2.45, 2.75) is 32.4 Å². The van der Waals surface area contributed by atoms with Crippen LogP contribution >= 0.6 is 0 Å². The maximum atomic E-state index is 9.61. The zero-order chi connectivity index (χ0) is 13.4. The molecule has 3 N–H and O–H groups in total. The predicted octanol–water partition coefficient (Wildman–Crippen LogP) is 1.31. The van der Waals surface area contributed by atoms with Crippen molar-refractivity contribution in [1.29, 1.82) is 0 Å². The molecule has 18 heavy (non-hydrogen) atoms. The van der Waals surface area contributed by atoms with Crippen LogP contribution in [0.25, 0.3) is 0 Å². The van der Waals surface area contributed by atoms with Gasteiger partial charge in [-0.2, -0.15) is 0 Å². The van der Waals surface area contributed by atoms with Gasteiger partial charge in [-0.15, -0.1) is 0 Å². The van der Waals surface area contributed by atoms with E-state index in [2.05, 4.69) is 5.32 Å². The number of hydrogen-bond acceptors (Lipinski definition) is 4. The molecular weight excluding hydrogens is 230 g/mol. The molecule has 1 rings (SSSR count). The van der Waals surface area contributed by atoms with E-state index in [1.807, 2.05) is 26.0 Å². The number of hydrogen-bond donors (Lipinski definition) is 3. The lowest BCUT2D eigenvalue weighted by Crippen LogP contribution is -2.34. The Morgan fingerprint density at radius 3 is 2.50 bits per heavy atom. The van der Waals surface area contributed by atoms with Crippen molar-refractivity contribution in [2.75, 3.05) is 19.8 Å². The van der Waals surface area contributed by atoms with E-state index >= 15 is 0 Å². The number of phenols is 1. The van der Waals surface area contributed by atoms with Crippen LogP contribution in [0.2, 0.25) is 0 Å². The van der Waals surface area contributed by atoms with E-state index in [0.29, 0.717) is 25.8 Å². The van der Waals surface area contributed by atoms with Crippen LogP contribution in [0.3, 0.4) is 0 Å². The van der Waals surface area contributed by atoms with Gasteiger partial charge >= 0.3 is 0 Å². The molecule has 0 radical (unpaired) electrons. The van der Waals surface area contributed by atoms with E-state index in [4.69, 9.17) is 9.84 Å². The molecule has 1 unspecified atom stereocenters. The number of nitrogens with one attached hydrogen (secondary N) is 1. The highest BCUT2D eigenvalue weighted by Crippen LogP contribution is 2.09. The van der Waals surface area contributed by atoms with Crippen LogP contribution in [-0.4, -0.2) is 42.1 Å². The summed E-state index contributed by atoms with van der Waals surface area (Å²) in [6.45, 7) is 5.55. The van der Waals surface area contributed by atoms with E-state index in [0.717, 1.165) is 12.0 Å². The second-order valence-electron chi connectivity index (χ2n) is 4.71. The molecule has 0 fully saturated rings. The molecule has 0 spiro atoms. The molecule has 0 bridgehead atoms. The summed E-state index contributed by atoms with van der Waals surface area (Å²) in [5, 5.41) is 21.9. The standard InChI is InChI=1S/C14H23NO3/c1-11(2)15-9-14(17)10-18-8-7-12-3-5-13(16)6-4-12/h3-6,11,14-17H,7-10H2,1-2H3. The van der Waals surface area contributed by atoms with Crippen molar-refractivity contribution >= 4 is 0 Å². The monoisotopic (exact) mass is 253 g/mol. The third-order valence-corrected chi connectivity index (χ3v) is 2.54. The third-order valence-electron chi connectivity index (χ3n) is 2.54. The summed E-state index contributed by atoms with van der Waals surface area (Å²) in [6.07, 6.45) is 0.317. The first-order valence-electron chi connectivity index (χ1n) is 6.35. The fourth-order valence-electron chi connectivity index (χ4n) is 1.50. The minimum absolute atomic E-state index is 0.273. The first-order chi connectivity index (χ1) is 8.58. The van der Waals surface area contributed by atoms with Gasteiger partial charge in [0.15, 0.2) is 0 Å². The molecule has 1 aromatic carbocycles. The molecule has 0 heterocycles. The first kappa shape index (κ1) is 15.0. The first-order valence-corrected chi connectivity index (χ1v) is 6.35. The zero-order valence-corrected chi connectivity index (χ0v) is 11.1. The Morgan fingerprint density at radius 1 is 1.22 bits per heavy atom. The Kier molecular flexibility index (Phi) is 6.72. The number of aliphatic hydroxyl groups is 1. The molecule has 4 nitrogen and oxygen atoms in total. The number of rotatable bonds is 8. The van der Waals surface area contributed by atoms with Crippen LogP contribution in [-0.2, 0) is 11.2 Å². The number of phenolic OH excluding ortho intramolecular Hbond substituents is 1. The van der Waals surface area contributed by atoms with Gasteiger partial charge in [-0.25, -0.2) is 0 Å². The van der Waals surface area contributed by atoms with E-state index < -0.39 is 6.10 Å². The smallest absolute Gasteiger partial charge is 0.115 e. The van der Waals surface area contributed by atoms with Crippen LogP contribution in [0.4, 0.5) is 0 Å². The Morgan fingerprint density at radius 2 is 1.89 bits per heavy atom. The molecule has 1 aromatic rings. The SMILES string of the molecule is CC(C)NCC(O)COCCc1ccc(O)cc1. The van der Waals surface area contributed by atoms with E-state index in [9.17, 15) is 5.11 Å². The van der Waals surface area contributed by atoms with Crippen molar-refractivity contribution in [3.63, 3.8) is 0 Å². The molecule has 0 amide bonds. The van der Waals surface area contributed by atoms with Gasteiger partial charge in [0.25, 0.3) is 0 Å². The molecule has 1 atom stereocenters. The van der Waals surface area contributed by atoms with Crippen molar-refractivity contribution in [2.24, 2.45) is 0 Å². The lowest BCUT2D eigenvalue weighted by molar-refractivity contribution is 0.0375. The fourth-order valence-corrected chi connectivity index (χ4v) is 1.50. The largest absolute Gasteiger partial charge is 0.508 e. The van der Waals surface area contributed by atoms with Gasteiger partial charge in [-0.1, -0.05) is 26.0 Å². The quantitative estimate of drug-likeness (QED) is 0.611. The summed E-state index contributed by atoms with van der Waals surface area (Å²) in [5.74, 6) is 0.273. The maximum Gasteiger partial charge on any atom is 0.115 e. The minimum Gasteiger partial charge on any atom is -0.508 e. The summed E-state index contributed by atoms with van der Waals surface area (Å²) in [6, 6.07) is 7.44. The van der Waals surface area contributed by atoms with Gasteiger partial charge in [0.05, 0.1) is 19.3 Å². The van der Waals surface area contributed by atoms with Gasteiger partial charge < -0.3 is 20.3 Å². The summed E-state index contributed by atoms with van der Waals surface area (Å²) < 4.78 is 5.41. The van der Waals surface area contributed by atoms with Crippen LogP contribution in [0.1, 0.15) is 19.4 Å². The summed E-state index contributed by atoms with van der Waals surface area (Å²) in [7, 11) is 0. The highest BCUT2D eigenvalue weighted by molar-refractivity contribution is 5.25. The van der Waals surface area contributed by atoms with Gasteiger partial charge in [0.2, 0.25) is 0 Å². The Balaban J connectivity index is 2.09. The molecule has 0 aliphatic heterocycles. The second kappa shape index (κ2) is 8.08. The Bertz CT molecular complexity index is 324. The van der Waals surface area contributed by atoms with Crippen molar-refractivity contribution < 1.29 is 14.9 Å². The van der Waals surface area contributed by atoms with Gasteiger partial charge in [0.1, 0.15) is 5.75 Å². The molecule has 0 aromatic heterocycles. The highest BCUT2D eigenvalue weighted by atomic mass is 16.5. The van der Waals surface area contributed by atoms with Crippen LogP contribution < -0.4 is 5.32 Å². The third kappa shape index (κ3) is 6.59. The second-order valence-corrected chi connectivity index (χ2v) is 4.71. The minimum atomic E-state index is -0.466. The highest BCUT2D eigenvalue weighted by Gasteiger charge is 2.04. The molecule has 4 heteroatoms. The lowest BCUT2D eigenvalue weighted by Gasteiger charge is -2.14. The molecule has 102 valence electrons. The van der Waals surface area contributed by atoms with Crippen LogP contribution in [0.15, 0.2) is 24.3 Å². The zero-order valence-electron chi connectivity index (χ0n) is 11.1. The van der Waals surface area contributed by atoms with E-state index in [-0.39, 0.29) is 5.75 Å². The van der Waals surface area contributed by atoms with Crippen LogP contribution in [0.5, 0.6) is 5.75 Å². The predicted molar refractivity (Wildman–Crippen MR) is 71.8 cm³/mol. The number of aliphatic hydroxyl groups excluding tert-OH is 1. The van der Waals surface area contributed by atoms with Gasteiger partial charge in [0, 0.05) is 12.6 Å². The fraction of sp³-hybridized carbons (Fsp3) is 0.571. The molecular formula is C14H23NO3. The molecule has 0 saturated heterocycles. The van der Waals surface area contributed by atoms with Crippen LogP contribution in [0, 0.1) is 0 Å². The molecule has 0 aliphatic rings. The van der Waals surface area contributed by atoms with Crippen molar-refractivity contribution in [3.8, 4) is 5.75 Å². The summed E-state index contributed by atoms with van der Waals surface area (Å²) >= 11 is 0. The average Bonchev–Trinajstić information content (AvgIpc) is 2.34. The topological polar surface area (TPSA) is 61.7 Å².